The number of fused-ring (bicyclic) bond motifs is 2. The van der Waals surface area contributed by atoms with Crippen LogP contribution in [0.15, 0.2) is 42.5 Å². The number of nitrogens with zero attached hydrogens (tertiary/aromatic N) is 1. The second-order valence-corrected chi connectivity index (χ2v) is 6.70. The van der Waals surface area contributed by atoms with Gasteiger partial charge in [-0.25, -0.2) is 0 Å². The minimum Gasteiger partial charge on any atom is -0.371 e. The number of anilines is 1. The van der Waals surface area contributed by atoms with Crippen LogP contribution < -0.4 is 4.90 Å². The first-order valence-corrected chi connectivity index (χ1v) is 8.59. The average molecular weight is 315 g/mol. The SMILES string of the molecule is O=C1C(=O)c2c3ccccc3c(N3CCCCC3)c3cccc1c23. The van der Waals surface area contributed by atoms with Gasteiger partial charge in [-0.3, -0.25) is 9.59 Å². The predicted molar refractivity (Wildman–Crippen MR) is 96.2 cm³/mol. The molecule has 0 radical (unpaired) electrons. The third-order valence-corrected chi connectivity index (χ3v) is 5.37. The highest BCUT2D eigenvalue weighted by Gasteiger charge is 2.34. The smallest absolute Gasteiger partial charge is 0.234 e. The Morgan fingerprint density at radius 2 is 1.42 bits per heavy atom. The third-order valence-electron chi connectivity index (χ3n) is 5.37. The summed E-state index contributed by atoms with van der Waals surface area (Å²) in [6.45, 7) is 2.06. The quantitative estimate of drug-likeness (QED) is 0.494. The zero-order valence-electron chi connectivity index (χ0n) is 13.3. The molecule has 0 unspecified atom stereocenters. The van der Waals surface area contributed by atoms with Crippen LogP contribution in [0, 0.1) is 0 Å². The molecule has 1 heterocycles. The van der Waals surface area contributed by atoms with E-state index in [4.69, 9.17) is 0 Å². The number of hydrogen-bond donors (Lipinski definition) is 0. The molecule has 3 heteroatoms. The number of Topliss-reactive ketones (excluding diaryl/α,β-unsaturated/α-hetero) is 2. The van der Waals surface area contributed by atoms with E-state index in [-0.39, 0.29) is 11.6 Å². The lowest BCUT2D eigenvalue weighted by Gasteiger charge is -2.31. The average Bonchev–Trinajstić information content (AvgIpc) is 2.90. The van der Waals surface area contributed by atoms with Crippen molar-refractivity contribution in [3.8, 4) is 0 Å². The molecule has 118 valence electrons. The largest absolute Gasteiger partial charge is 0.371 e. The van der Waals surface area contributed by atoms with Gasteiger partial charge in [-0.05, 0) is 24.6 Å². The molecule has 0 spiro atoms. The topological polar surface area (TPSA) is 37.4 Å². The predicted octanol–water partition coefficient (Wildman–Crippen LogP) is 4.36. The van der Waals surface area contributed by atoms with Gasteiger partial charge in [0, 0.05) is 40.4 Å². The Kier molecular flexibility index (Phi) is 2.81. The molecule has 3 aromatic carbocycles. The van der Waals surface area contributed by atoms with Crippen LogP contribution in [0.2, 0.25) is 0 Å². The molecule has 5 rings (SSSR count). The summed E-state index contributed by atoms with van der Waals surface area (Å²) in [5, 5.41) is 3.89. The van der Waals surface area contributed by atoms with Crippen molar-refractivity contribution in [2.45, 2.75) is 19.3 Å². The van der Waals surface area contributed by atoms with Gasteiger partial charge in [-0.1, -0.05) is 42.5 Å². The molecule has 0 atom stereocenters. The van der Waals surface area contributed by atoms with Crippen LogP contribution in [0.4, 0.5) is 5.69 Å². The van der Waals surface area contributed by atoms with Crippen molar-refractivity contribution in [3.05, 3.63) is 53.6 Å². The van der Waals surface area contributed by atoms with Gasteiger partial charge in [0.1, 0.15) is 0 Å². The van der Waals surface area contributed by atoms with E-state index in [1.54, 1.807) is 6.07 Å². The number of piperidine rings is 1. The fourth-order valence-electron chi connectivity index (χ4n) is 4.33. The van der Waals surface area contributed by atoms with Crippen molar-refractivity contribution in [2.24, 2.45) is 0 Å². The van der Waals surface area contributed by atoms with E-state index in [0.29, 0.717) is 11.1 Å². The lowest BCUT2D eigenvalue weighted by Crippen LogP contribution is -2.29. The van der Waals surface area contributed by atoms with Crippen molar-refractivity contribution in [2.75, 3.05) is 18.0 Å². The van der Waals surface area contributed by atoms with E-state index < -0.39 is 0 Å². The molecule has 0 saturated carbocycles. The van der Waals surface area contributed by atoms with Gasteiger partial charge < -0.3 is 4.90 Å². The fraction of sp³-hybridized carbons (Fsp3) is 0.238. The van der Waals surface area contributed by atoms with Gasteiger partial charge in [-0.15, -0.1) is 0 Å². The van der Waals surface area contributed by atoms with Crippen LogP contribution in [0.1, 0.15) is 40.0 Å². The van der Waals surface area contributed by atoms with Crippen LogP contribution >= 0.6 is 0 Å². The molecule has 1 aliphatic carbocycles. The number of carbonyl (C=O) groups is 2. The van der Waals surface area contributed by atoms with Crippen LogP contribution in [0.5, 0.6) is 0 Å². The molecule has 0 bridgehead atoms. The molecular formula is C21H17NO2. The van der Waals surface area contributed by atoms with Gasteiger partial charge in [0.2, 0.25) is 11.6 Å². The normalized spacial score (nSPS) is 17.2. The van der Waals surface area contributed by atoms with Gasteiger partial charge >= 0.3 is 0 Å². The summed E-state index contributed by atoms with van der Waals surface area (Å²) >= 11 is 0. The van der Waals surface area contributed by atoms with Crippen molar-refractivity contribution < 1.29 is 9.59 Å². The maximum Gasteiger partial charge on any atom is 0.234 e. The van der Waals surface area contributed by atoms with E-state index in [1.165, 1.54) is 24.9 Å². The zero-order chi connectivity index (χ0) is 16.3. The molecule has 1 fully saturated rings. The Bertz CT molecular complexity index is 1030. The lowest BCUT2D eigenvalue weighted by molar-refractivity contribution is 0.0826. The molecule has 1 saturated heterocycles. The molecule has 0 N–H and O–H groups in total. The highest BCUT2D eigenvalue weighted by Crippen LogP contribution is 2.44. The Hall–Kier alpha value is -2.68. The first-order valence-electron chi connectivity index (χ1n) is 8.59. The molecule has 3 aromatic rings. The number of ketones is 2. The monoisotopic (exact) mass is 315 g/mol. The second-order valence-electron chi connectivity index (χ2n) is 6.70. The Balaban J connectivity index is 1.98. The van der Waals surface area contributed by atoms with E-state index in [0.717, 1.165) is 34.6 Å². The molecule has 3 nitrogen and oxygen atoms in total. The van der Waals surface area contributed by atoms with E-state index in [9.17, 15) is 9.59 Å². The molecule has 0 aromatic heterocycles. The minimum absolute atomic E-state index is 0.359. The standard InChI is InChI=1S/C21H17NO2/c23-20-16-10-6-9-15-17(16)18(21(20)24)13-7-2-3-8-14(13)19(15)22-11-4-1-5-12-22/h2-3,6-10H,1,4-5,11-12H2. The van der Waals surface area contributed by atoms with Gasteiger partial charge in [0.25, 0.3) is 0 Å². The summed E-state index contributed by atoms with van der Waals surface area (Å²) in [5.74, 6) is -0.723. The maximum atomic E-state index is 12.6. The third kappa shape index (κ3) is 1.67. The number of rotatable bonds is 1. The zero-order valence-corrected chi connectivity index (χ0v) is 13.3. The first-order chi connectivity index (χ1) is 11.8. The van der Waals surface area contributed by atoms with E-state index >= 15 is 0 Å². The minimum atomic E-state index is -0.364. The van der Waals surface area contributed by atoms with Gasteiger partial charge in [0.05, 0.1) is 5.69 Å². The number of hydrogen-bond acceptors (Lipinski definition) is 3. The van der Waals surface area contributed by atoms with Crippen molar-refractivity contribution in [3.63, 3.8) is 0 Å². The highest BCUT2D eigenvalue weighted by molar-refractivity contribution is 6.59. The summed E-state index contributed by atoms with van der Waals surface area (Å²) < 4.78 is 0. The molecule has 24 heavy (non-hydrogen) atoms. The van der Waals surface area contributed by atoms with Crippen molar-refractivity contribution in [1.82, 2.24) is 0 Å². The van der Waals surface area contributed by atoms with Crippen LogP contribution in [-0.4, -0.2) is 24.7 Å². The van der Waals surface area contributed by atoms with Crippen LogP contribution in [0.25, 0.3) is 21.5 Å². The summed E-state index contributed by atoms with van der Waals surface area (Å²) in [4.78, 5) is 27.5. The summed E-state index contributed by atoms with van der Waals surface area (Å²) in [5.41, 5.74) is 2.35. The van der Waals surface area contributed by atoms with Crippen LogP contribution in [0.3, 0.4) is 0 Å². The Morgan fingerprint density at radius 1 is 0.708 bits per heavy atom. The molecule has 2 aliphatic rings. The Morgan fingerprint density at radius 3 is 2.21 bits per heavy atom. The van der Waals surface area contributed by atoms with E-state index in [2.05, 4.69) is 17.0 Å². The number of benzene rings is 3. The van der Waals surface area contributed by atoms with Crippen molar-refractivity contribution in [1.29, 1.82) is 0 Å². The fourth-order valence-corrected chi connectivity index (χ4v) is 4.33. The maximum absolute atomic E-state index is 12.6. The van der Waals surface area contributed by atoms with Crippen LogP contribution in [-0.2, 0) is 0 Å². The first kappa shape index (κ1) is 13.7. The summed E-state index contributed by atoms with van der Waals surface area (Å²) in [7, 11) is 0. The van der Waals surface area contributed by atoms with Crippen molar-refractivity contribution >= 4 is 38.8 Å². The Labute approximate surface area is 139 Å². The van der Waals surface area contributed by atoms with E-state index in [1.807, 2.05) is 24.3 Å². The second kappa shape index (κ2) is 4.91. The summed E-state index contributed by atoms with van der Waals surface area (Å²) in [6.07, 6.45) is 3.65. The number of carbonyl (C=O) groups excluding carboxylic acids is 2. The van der Waals surface area contributed by atoms with Gasteiger partial charge in [0.15, 0.2) is 0 Å². The van der Waals surface area contributed by atoms with Gasteiger partial charge in [-0.2, -0.15) is 0 Å². The molecular weight excluding hydrogens is 298 g/mol. The lowest BCUT2D eigenvalue weighted by atomic mass is 9.94. The molecule has 0 amide bonds. The summed E-state index contributed by atoms with van der Waals surface area (Å²) in [6, 6.07) is 13.8. The molecule has 1 aliphatic heterocycles. The highest BCUT2D eigenvalue weighted by atomic mass is 16.2.